The number of carbonyl (C=O) groups is 1. The predicted molar refractivity (Wildman–Crippen MR) is 94.4 cm³/mol. The highest BCUT2D eigenvalue weighted by Gasteiger charge is 2.21. The minimum atomic E-state index is -0.106. The first kappa shape index (κ1) is 16.6. The predicted octanol–water partition coefficient (Wildman–Crippen LogP) is 2.66. The molecule has 2 aromatic rings. The van der Waals surface area contributed by atoms with Crippen molar-refractivity contribution in [1.82, 2.24) is 9.47 Å². The molecule has 0 aliphatic carbocycles. The molecule has 0 bridgehead atoms. The first-order valence-corrected chi connectivity index (χ1v) is 8.63. The first-order chi connectivity index (χ1) is 11.6. The Morgan fingerprint density at radius 2 is 2.12 bits per heavy atom. The Balaban J connectivity index is 1.80. The van der Waals surface area contributed by atoms with Crippen LogP contribution in [0.25, 0.3) is 10.9 Å². The van der Waals surface area contributed by atoms with Gasteiger partial charge in [-0.1, -0.05) is 19.1 Å². The summed E-state index contributed by atoms with van der Waals surface area (Å²) in [5, 5.41) is 0.860. The van der Waals surface area contributed by atoms with Gasteiger partial charge in [0.2, 0.25) is 0 Å². The van der Waals surface area contributed by atoms with Gasteiger partial charge in [-0.2, -0.15) is 0 Å². The van der Waals surface area contributed by atoms with E-state index >= 15 is 0 Å². The van der Waals surface area contributed by atoms with Crippen LogP contribution in [-0.2, 0) is 11.3 Å². The third kappa shape index (κ3) is 3.30. The van der Waals surface area contributed by atoms with Gasteiger partial charge >= 0.3 is 0 Å². The third-order valence-corrected chi connectivity index (χ3v) is 4.66. The summed E-state index contributed by atoms with van der Waals surface area (Å²) in [6.07, 6.45) is 2.22. The molecule has 1 aromatic carbocycles. The monoisotopic (exact) mass is 328 g/mol. The fourth-order valence-electron chi connectivity index (χ4n) is 3.40. The average molecular weight is 328 g/mol. The second-order valence-electron chi connectivity index (χ2n) is 6.48. The maximum Gasteiger partial charge on any atom is 0.260 e. The molecular formula is C19H24N2O3. The van der Waals surface area contributed by atoms with E-state index in [1.54, 1.807) is 4.57 Å². The van der Waals surface area contributed by atoms with Crippen LogP contribution in [0.1, 0.15) is 26.7 Å². The smallest absolute Gasteiger partial charge is 0.260 e. The minimum absolute atomic E-state index is 0.00898. The van der Waals surface area contributed by atoms with Crippen molar-refractivity contribution in [3.8, 4) is 5.75 Å². The molecule has 1 aliphatic heterocycles. The fourth-order valence-corrected chi connectivity index (χ4v) is 3.40. The number of hydrogen-bond donors (Lipinski definition) is 0. The van der Waals surface area contributed by atoms with Crippen molar-refractivity contribution >= 4 is 16.8 Å². The minimum Gasteiger partial charge on any atom is -0.483 e. The number of para-hydroxylation sites is 1. The third-order valence-electron chi connectivity index (χ3n) is 4.66. The van der Waals surface area contributed by atoms with E-state index in [1.807, 2.05) is 36.1 Å². The highest BCUT2D eigenvalue weighted by molar-refractivity contribution is 5.86. The first-order valence-electron chi connectivity index (χ1n) is 8.63. The maximum absolute atomic E-state index is 12.4. The second-order valence-corrected chi connectivity index (χ2v) is 6.48. The molecular weight excluding hydrogens is 304 g/mol. The number of pyridine rings is 1. The molecule has 1 amide bonds. The van der Waals surface area contributed by atoms with Crippen molar-refractivity contribution in [2.75, 3.05) is 19.7 Å². The Bertz CT molecular complexity index is 797. The van der Waals surface area contributed by atoms with E-state index in [0.717, 1.165) is 30.4 Å². The van der Waals surface area contributed by atoms with Gasteiger partial charge in [-0.25, -0.2) is 0 Å². The number of aryl methyl sites for hydroxylation is 1. The van der Waals surface area contributed by atoms with Gasteiger partial charge in [0.05, 0.1) is 5.52 Å². The number of likely N-dealkylation sites (tertiary alicyclic amines) is 1. The zero-order chi connectivity index (χ0) is 17.1. The van der Waals surface area contributed by atoms with Gasteiger partial charge in [0.25, 0.3) is 11.5 Å². The summed E-state index contributed by atoms with van der Waals surface area (Å²) in [4.78, 5) is 26.5. The van der Waals surface area contributed by atoms with Crippen LogP contribution in [0.3, 0.4) is 0 Å². The van der Waals surface area contributed by atoms with Crippen molar-refractivity contribution in [3.63, 3.8) is 0 Å². The van der Waals surface area contributed by atoms with Gasteiger partial charge < -0.3 is 14.2 Å². The Morgan fingerprint density at radius 3 is 2.88 bits per heavy atom. The molecule has 0 radical (unpaired) electrons. The standard InChI is InChI=1S/C19H24N2O3/c1-3-21-16-9-5-4-8-15(16)17(11-18(21)22)24-13-19(23)20-10-6-7-14(2)12-20/h4-5,8-9,11,14H,3,6-7,10,12-13H2,1-2H3/t14-/m0/s1. The molecule has 24 heavy (non-hydrogen) atoms. The lowest BCUT2D eigenvalue weighted by atomic mass is 10.0. The number of carbonyl (C=O) groups excluding carboxylic acids is 1. The number of aromatic nitrogens is 1. The molecule has 1 fully saturated rings. The lowest BCUT2D eigenvalue weighted by Gasteiger charge is -2.30. The van der Waals surface area contributed by atoms with Crippen molar-refractivity contribution in [2.45, 2.75) is 33.2 Å². The molecule has 0 N–H and O–H groups in total. The second kappa shape index (κ2) is 7.07. The number of nitrogens with zero attached hydrogens (tertiary/aromatic N) is 2. The van der Waals surface area contributed by atoms with Crippen LogP contribution >= 0.6 is 0 Å². The number of benzene rings is 1. The molecule has 0 saturated carbocycles. The number of fused-ring (bicyclic) bond motifs is 1. The number of rotatable bonds is 4. The van der Waals surface area contributed by atoms with Crippen LogP contribution in [0.5, 0.6) is 5.75 Å². The Hall–Kier alpha value is -2.30. The van der Waals surface area contributed by atoms with E-state index in [2.05, 4.69) is 6.92 Å². The Labute approximate surface area is 141 Å². The summed E-state index contributed by atoms with van der Waals surface area (Å²) in [7, 11) is 0. The number of hydrogen-bond acceptors (Lipinski definition) is 3. The molecule has 5 heteroatoms. The highest BCUT2D eigenvalue weighted by Crippen LogP contribution is 2.24. The van der Waals surface area contributed by atoms with Gasteiger partial charge in [-0.3, -0.25) is 9.59 Å². The average Bonchev–Trinajstić information content (AvgIpc) is 2.59. The summed E-state index contributed by atoms with van der Waals surface area (Å²) in [5.41, 5.74) is 0.729. The van der Waals surface area contributed by atoms with E-state index in [0.29, 0.717) is 18.2 Å². The number of amides is 1. The summed E-state index contributed by atoms with van der Waals surface area (Å²) in [6, 6.07) is 9.12. The van der Waals surface area contributed by atoms with Crippen LogP contribution in [-0.4, -0.2) is 35.1 Å². The quantitative estimate of drug-likeness (QED) is 0.867. The van der Waals surface area contributed by atoms with Gasteiger partial charge in [0, 0.05) is 31.1 Å². The summed E-state index contributed by atoms with van der Waals surface area (Å²) in [6.45, 7) is 6.27. The van der Waals surface area contributed by atoms with Crippen LogP contribution in [0.4, 0.5) is 0 Å². The lowest BCUT2D eigenvalue weighted by molar-refractivity contribution is -0.135. The summed E-state index contributed by atoms with van der Waals surface area (Å²) < 4.78 is 7.45. The summed E-state index contributed by atoms with van der Waals surface area (Å²) >= 11 is 0. The van der Waals surface area contributed by atoms with Crippen molar-refractivity contribution in [1.29, 1.82) is 0 Å². The SMILES string of the molecule is CCn1c(=O)cc(OCC(=O)N2CCC[C@H](C)C2)c2ccccc21. The molecule has 0 spiro atoms. The molecule has 2 heterocycles. The highest BCUT2D eigenvalue weighted by atomic mass is 16.5. The maximum atomic E-state index is 12.4. The van der Waals surface area contributed by atoms with Gasteiger partial charge in [0.15, 0.2) is 6.61 Å². The number of piperidine rings is 1. The van der Waals surface area contributed by atoms with Gasteiger partial charge in [0.1, 0.15) is 5.75 Å². The van der Waals surface area contributed by atoms with E-state index in [1.165, 1.54) is 12.5 Å². The fraction of sp³-hybridized carbons (Fsp3) is 0.474. The molecule has 1 saturated heterocycles. The molecule has 128 valence electrons. The largest absolute Gasteiger partial charge is 0.483 e. The zero-order valence-corrected chi connectivity index (χ0v) is 14.3. The Kier molecular flexibility index (Phi) is 4.88. The zero-order valence-electron chi connectivity index (χ0n) is 14.3. The van der Waals surface area contributed by atoms with Gasteiger partial charge in [-0.15, -0.1) is 0 Å². The van der Waals surface area contributed by atoms with E-state index in [-0.39, 0.29) is 18.1 Å². The lowest BCUT2D eigenvalue weighted by Crippen LogP contribution is -2.41. The summed E-state index contributed by atoms with van der Waals surface area (Å²) in [5.74, 6) is 1.01. The number of ether oxygens (including phenoxy) is 1. The van der Waals surface area contributed by atoms with Crippen molar-refractivity contribution in [3.05, 3.63) is 40.7 Å². The van der Waals surface area contributed by atoms with E-state index in [9.17, 15) is 9.59 Å². The van der Waals surface area contributed by atoms with Gasteiger partial charge in [-0.05, 0) is 37.8 Å². The molecule has 3 rings (SSSR count). The van der Waals surface area contributed by atoms with Crippen LogP contribution in [0.2, 0.25) is 0 Å². The van der Waals surface area contributed by atoms with Crippen molar-refractivity contribution < 1.29 is 9.53 Å². The topological polar surface area (TPSA) is 51.5 Å². The molecule has 0 unspecified atom stereocenters. The molecule has 1 aliphatic rings. The normalized spacial score (nSPS) is 17.9. The van der Waals surface area contributed by atoms with E-state index < -0.39 is 0 Å². The molecule has 1 atom stereocenters. The van der Waals surface area contributed by atoms with Crippen LogP contribution in [0, 0.1) is 5.92 Å². The van der Waals surface area contributed by atoms with Crippen LogP contribution < -0.4 is 10.3 Å². The van der Waals surface area contributed by atoms with Crippen molar-refractivity contribution in [2.24, 2.45) is 5.92 Å². The van der Waals surface area contributed by atoms with E-state index in [4.69, 9.17) is 4.74 Å². The van der Waals surface area contributed by atoms with Crippen LogP contribution in [0.15, 0.2) is 35.1 Å². The molecule has 1 aromatic heterocycles. The molecule has 5 nitrogen and oxygen atoms in total. The Morgan fingerprint density at radius 1 is 1.33 bits per heavy atom.